The van der Waals surface area contributed by atoms with Crippen LogP contribution in [0.1, 0.15) is 68.1 Å². The van der Waals surface area contributed by atoms with Crippen molar-refractivity contribution in [3.63, 3.8) is 0 Å². The second-order valence-electron chi connectivity index (χ2n) is 7.88. The Labute approximate surface area is 150 Å². The minimum absolute atomic E-state index is 0.208. The van der Waals surface area contributed by atoms with Gasteiger partial charge in [-0.2, -0.15) is 0 Å². The standard InChI is InChI=1S/C23H27NO/c1-18-17-23(14-8-3-9-15-23)24(25)22(16-19-10-4-2-5-11-19)21-13-7-6-12-20(18)21/h2,4-7,10-13,18H,3,8-9,14-17H2,1H3/t18-/m0/s1. The van der Waals surface area contributed by atoms with Gasteiger partial charge in [0.05, 0.1) is 6.42 Å². The van der Waals surface area contributed by atoms with Crippen LogP contribution in [0.15, 0.2) is 54.6 Å². The van der Waals surface area contributed by atoms with Crippen LogP contribution in [0.2, 0.25) is 0 Å². The smallest absolute Gasteiger partial charge is 0.199 e. The first kappa shape index (κ1) is 16.4. The predicted molar refractivity (Wildman–Crippen MR) is 103 cm³/mol. The summed E-state index contributed by atoms with van der Waals surface area (Å²) in [7, 11) is 0. The van der Waals surface area contributed by atoms with Gasteiger partial charge in [0.25, 0.3) is 0 Å². The summed E-state index contributed by atoms with van der Waals surface area (Å²) in [5.41, 5.74) is 4.48. The van der Waals surface area contributed by atoms with E-state index in [0.717, 1.165) is 37.0 Å². The van der Waals surface area contributed by atoms with E-state index in [1.165, 1.54) is 35.1 Å². The van der Waals surface area contributed by atoms with E-state index in [2.05, 4.69) is 55.5 Å². The normalized spacial score (nSPS) is 22.5. The fraction of sp³-hybridized carbons (Fsp3) is 0.435. The van der Waals surface area contributed by atoms with Crippen LogP contribution in [0.3, 0.4) is 0 Å². The Morgan fingerprint density at radius 2 is 1.64 bits per heavy atom. The van der Waals surface area contributed by atoms with Crippen molar-refractivity contribution in [2.45, 2.75) is 63.3 Å². The van der Waals surface area contributed by atoms with Gasteiger partial charge in [0, 0.05) is 24.8 Å². The molecule has 0 N–H and O–H groups in total. The molecule has 0 amide bonds. The third-order valence-corrected chi connectivity index (χ3v) is 6.16. The van der Waals surface area contributed by atoms with Crippen LogP contribution in [-0.2, 0) is 6.42 Å². The fourth-order valence-corrected chi connectivity index (χ4v) is 4.92. The molecule has 0 bridgehead atoms. The maximum absolute atomic E-state index is 13.7. The van der Waals surface area contributed by atoms with Crippen molar-refractivity contribution in [3.8, 4) is 0 Å². The molecule has 130 valence electrons. The van der Waals surface area contributed by atoms with E-state index in [0.29, 0.717) is 5.92 Å². The van der Waals surface area contributed by atoms with E-state index in [1.54, 1.807) is 0 Å². The molecule has 2 aromatic rings. The van der Waals surface area contributed by atoms with Gasteiger partial charge in [-0.1, -0.05) is 61.9 Å². The Hall–Kier alpha value is -2.09. The lowest BCUT2D eigenvalue weighted by Gasteiger charge is -2.36. The van der Waals surface area contributed by atoms with Crippen LogP contribution in [-0.4, -0.2) is 16.0 Å². The quantitative estimate of drug-likeness (QED) is 0.531. The molecular weight excluding hydrogens is 306 g/mol. The van der Waals surface area contributed by atoms with Gasteiger partial charge in [0.1, 0.15) is 0 Å². The Kier molecular flexibility index (Phi) is 4.37. The highest BCUT2D eigenvalue weighted by molar-refractivity contribution is 6.00. The van der Waals surface area contributed by atoms with Crippen LogP contribution < -0.4 is 0 Å². The Morgan fingerprint density at radius 1 is 0.960 bits per heavy atom. The number of rotatable bonds is 2. The van der Waals surface area contributed by atoms with E-state index >= 15 is 0 Å². The van der Waals surface area contributed by atoms with Crippen molar-refractivity contribution in [2.24, 2.45) is 0 Å². The summed E-state index contributed by atoms with van der Waals surface area (Å²) in [6, 6.07) is 19.0. The summed E-state index contributed by atoms with van der Waals surface area (Å²) < 4.78 is 1.45. The molecule has 1 aliphatic heterocycles. The molecular formula is C23H27NO. The zero-order valence-electron chi connectivity index (χ0n) is 15.1. The van der Waals surface area contributed by atoms with Crippen LogP contribution in [0.4, 0.5) is 0 Å². The Balaban J connectivity index is 1.86. The van der Waals surface area contributed by atoms with Gasteiger partial charge in [-0.15, -0.1) is 0 Å². The minimum Gasteiger partial charge on any atom is -0.623 e. The van der Waals surface area contributed by atoms with Crippen LogP contribution >= 0.6 is 0 Å². The number of hydrogen-bond donors (Lipinski definition) is 0. The highest BCUT2D eigenvalue weighted by Crippen LogP contribution is 2.42. The highest BCUT2D eigenvalue weighted by atomic mass is 16.5. The first-order valence-corrected chi connectivity index (χ1v) is 9.66. The van der Waals surface area contributed by atoms with Gasteiger partial charge >= 0.3 is 0 Å². The third-order valence-electron chi connectivity index (χ3n) is 6.16. The Morgan fingerprint density at radius 3 is 2.40 bits per heavy atom. The average molecular weight is 333 g/mol. The molecule has 0 aromatic heterocycles. The third kappa shape index (κ3) is 2.99. The summed E-state index contributed by atoms with van der Waals surface area (Å²) in [5, 5.41) is 13.7. The number of hydrogen-bond acceptors (Lipinski definition) is 1. The maximum Gasteiger partial charge on any atom is 0.199 e. The van der Waals surface area contributed by atoms with Crippen LogP contribution in [0.25, 0.3) is 0 Å². The van der Waals surface area contributed by atoms with E-state index in [1.807, 2.05) is 6.07 Å². The first-order valence-electron chi connectivity index (χ1n) is 9.66. The Bertz CT molecular complexity index is 772. The van der Waals surface area contributed by atoms with E-state index in [-0.39, 0.29) is 5.54 Å². The predicted octanol–water partition coefficient (Wildman–Crippen LogP) is 5.44. The lowest BCUT2D eigenvalue weighted by Crippen LogP contribution is -2.44. The molecule has 0 radical (unpaired) electrons. The molecule has 25 heavy (non-hydrogen) atoms. The summed E-state index contributed by atoms with van der Waals surface area (Å²) in [6.07, 6.45) is 7.40. The molecule has 4 rings (SSSR count). The molecule has 1 atom stereocenters. The van der Waals surface area contributed by atoms with E-state index in [4.69, 9.17) is 0 Å². The second kappa shape index (κ2) is 6.67. The van der Waals surface area contributed by atoms with Gasteiger partial charge < -0.3 is 5.21 Å². The largest absolute Gasteiger partial charge is 0.623 e. The van der Waals surface area contributed by atoms with Gasteiger partial charge in [-0.3, -0.25) is 0 Å². The molecule has 1 saturated carbocycles. The van der Waals surface area contributed by atoms with Crippen LogP contribution in [0.5, 0.6) is 0 Å². The summed E-state index contributed by atoms with van der Waals surface area (Å²) in [5.74, 6) is 0.430. The molecule has 1 heterocycles. The zero-order chi connectivity index (χ0) is 17.3. The van der Waals surface area contributed by atoms with Crippen LogP contribution in [0, 0.1) is 5.21 Å². The van der Waals surface area contributed by atoms with Crippen molar-refractivity contribution >= 4 is 5.71 Å². The van der Waals surface area contributed by atoms with Gasteiger partial charge in [-0.25, -0.2) is 4.74 Å². The SMILES string of the molecule is C[C@H]1CC2(CCCCC2)[N+]([O-])=C(Cc2ccccc2)c2ccccc21. The second-order valence-corrected chi connectivity index (χ2v) is 7.88. The molecule has 1 aliphatic carbocycles. The summed E-state index contributed by atoms with van der Waals surface area (Å²) >= 11 is 0. The monoisotopic (exact) mass is 333 g/mol. The molecule has 2 aromatic carbocycles. The topological polar surface area (TPSA) is 26.1 Å². The van der Waals surface area contributed by atoms with E-state index < -0.39 is 0 Å². The average Bonchev–Trinajstić information content (AvgIpc) is 2.74. The van der Waals surface area contributed by atoms with Gasteiger partial charge in [0.2, 0.25) is 0 Å². The number of fused-ring (bicyclic) bond motifs is 1. The van der Waals surface area contributed by atoms with Crippen molar-refractivity contribution in [3.05, 3.63) is 76.5 Å². The number of nitrogens with zero attached hydrogens (tertiary/aromatic N) is 1. The molecule has 2 nitrogen and oxygen atoms in total. The maximum atomic E-state index is 13.7. The number of benzene rings is 2. The molecule has 1 spiro atoms. The lowest BCUT2D eigenvalue weighted by molar-refractivity contribution is -0.557. The molecule has 2 aliphatic rings. The molecule has 0 saturated heterocycles. The van der Waals surface area contributed by atoms with E-state index in [9.17, 15) is 5.21 Å². The summed E-state index contributed by atoms with van der Waals surface area (Å²) in [4.78, 5) is 0. The number of hydroxylamine groups is 1. The molecule has 0 unspecified atom stereocenters. The van der Waals surface area contributed by atoms with Crippen molar-refractivity contribution in [1.82, 2.24) is 0 Å². The van der Waals surface area contributed by atoms with Crippen molar-refractivity contribution < 1.29 is 4.74 Å². The zero-order valence-corrected chi connectivity index (χ0v) is 15.1. The molecule has 2 heteroatoms. The molecule has 1 fully saturated rings. The highest BCUT2D eigenvalue weighted by Gasteiger charge is 2.45. The minimum atomic E-state index is -0.208. The summed E-state index contributed by atoms with van der Waals surface area (Å²) in [6.45, 7) is 2.30. The van der Waals surface area contributed by atoms with Crippen molar-refractivity contribution in [2.75, 3.05) is 0 Å². The van der Waals surface area contributed by atoms with Gasteiger partial charge in [0.15, 0.2) is 11.3 Å². The fourth-order valence-electron chi connectivity index (χ4n) is 4.92. The lowest BCUT2D eigenvalue weighted by atomic mass is 9.75. The van der Waals surface area contributed by atoms with Crippen molar-refractivity contribution in [1.29, 1.82) is 0 Å². The van der Waals surface area contributed by atoms with Gasteiger partial charge in [-0.05, 0) is 36.0 Å². The first-order chi connectivity index (χ1) is 12.2.